The molecular formula is C14H18N2O3. The summed E-state index contributed by atoms with van der Waals surface area (Å²) < 4.78 is 6.42. The maximum atomic E-state index is 11.9. The first kappa shape index (κ1) is 13.4. The van der Waals surface area contributed by atoms with Gasteiger partial charge in [0.05, 0.1) is 5.52 Å². The lowest BCUT2D eigenvalue weighted by Crippen LogP contribution is -2.39. The van der Waals surface area contributed by atoms with E-state index in [1.54, 1.807) is 18.2 Å². The van der Waals surface area contributed by atoms with Crippen molar-refractivity contribution >= 4 is 17.0 Å². The van der Waals surface area contributed by atoms with Gasteiger partial charge in [-0.05, 0) is 25.0 Å². The van der Waals surface area contributed by atoms with Gasteiger partial charge in [0.2, 0.25) is 5.91 Å². The Kier molecular flexibility index (Phi) is 3.74. The first-order chi connectivity index (χ1) is 8.99. The SMILES string of the molecule is CC(C)[C@H](C)NC(=O)Cn1c(=O)oc2ccccc21. The lowest BCUT2D eigenvalue weighted by Gasteiger charge is -2.17. The number of para-hydroxylation sites is 2. The minimum absolute atomic E-state index is 0.0209. The fourth-order valence-corrected chi connectivity index (χ4v) is 1.77. The molecular weight excluding hydrogens is 244 g/mol. The maximum Gasteiger partial charge on any atom is 0.420 e. The molecule has 1 amide bonds. The minimum Gasteiger partial charge on any atom is -0.408 e. The molecule has 1 aromatic heterocycles. The van der Waals surface area contributed by atoms with Gasteiger partial charge in [-0.15, -0.1) is 0 Å². The third kappa shape index (κ3) is 2.86. The predicted molar refractivity (Wildman–Crippen MR) is 72.9 cm³/mol. The molecule has 0 aliphatic heterocycles. The average molecular weight is 262 g/mol. The van der Waals surface area contributed by atoms with Crippen LogP contribution in [-0.2, 0) is 11.3 Å². The van der Waals surface area contributed by atoms with Crippen molar-refractivity contribution in [3.05, 3.63) is 34.8 Å². The molecule has 0 saturated heterocycles. The standard InChI is InChI=1S/C14H18N2O3/c1-9(2)10(3)15-13(17)8-16-11-6-4-5-7-12(11)19-14(16)18/h4-7,9-10H,8H2,1-3H3,(H,15,17)/t10-/m0/s1. The molecule has 0 spiro atoms. The molecule has 5 nitrogen and oxygen atoms in total. The van der Waals surface area contributed by atoms with Gasteiger partial charge in [-0.2, -0.15) is 0 Å². The van der Waals surface area contributed by atoms with Crippen LogP contribution in [0.2, 0.25) is 0 Å². The van der Waals surface area contributed by atoms with Gasteiger partial charge in [0.1, 0.15) is 6.54 Å². The van der Waals surface area contributed by atoms with Gasteiger partial charge in [0.15, 0.2) is 5.58 Å². The number of nitrogens with zero attached hydrogens (tertiary/aromatic N) is 1. The number of nitrogens with one attached hydrogen (secondary N) is 1. The van der Waals surface area contributed by atoms with E-state index in [4.69, 9.17) is 4.42 Å². The zero-order valence-electron chi connectivity index (χ0n) is 11.3. The second-order valence-electron chi connectivity index (χ2n) is 5.02. The lowest BCUT2D eigenvalue weighted by molar-refractivity contribution is -0.122. The molecule has 0 radical (unpaired) electrons. The van der Waals surface area contributed by atoms with Gasteiger partial charge < -0.3 is 9.73 Å². The Morgan fingerprint density at radius 3 is 2.68 bits per heavy atom. The van der Waals surface area contributed by atoms with Gasteiger partial charge in [-0.25, -0.2) is 4.79 Å². The third-order valence-electron chi connectivity index (χ3n) is 3.26. The highest BCUT2D eigenvalue weighted by atomic mass is 16.4. The molecule has 5 heteroatoms. The number of hydrogen-bond donors (Lipinski definition) is 1. The van der Waals surface area contributed by atoms with E-state index >= 15 is 0 Å². The van der Waals surface area contributed by atoms with E-state index < -0.39 is 5.76 Å². The summed E-state index contributed by atoms with van der Waals surface area (Å²) in [7, 11) is 0. The Balaban J connectivity index is 2.20. The average Bonchev–Trinajstić information content (AvgIpc) is 2.66. The predicted octanol–water partition coefficient (Wildman–Crippen LogP) is 1.76. The lowest BCUT2D eigenvalue weighted by atomic mass is 10.1. The molecule has 1 aromatic carbocycles. The molecule has 2 aromatic rings. The van der Waals surface area contributed by atoms with Crippen molar-refractivity contribution in [3.63, 3.8) is 0 Å². The Morgan fingerprint density at radius 2 is 2.00 bits per heavy atom. The van der Waals surface area contributed by atoms with E-state index in [-0.39, 0.29) is 18.5 Å². The van der Waals surface area contributed by atoms with Gasteiger partial charge in [-0.3, -0.25) is 9.36 Å². The van der Waals surface area contributed by atoms with Gasteiger partial charge in [-0.1, -0.05) is 26.0 Å². The van der Waals surface area contributed by atoms with E-state index in [0.717, 1.165) is 0 Å². The van der Waals surface area contributed by atoms with Crippen molar-refractivity contribution in [1.29, 1.82) is 0 Å². The fourth-order valence-electron chi connectivity index (χ4n) is 1.77. The Morgan fingerprint density at radius 1 is 1.32 bits per heavy atom. The Labute approximate surface area is 111 Å². The van der Waals surface area contributed by atoms with Gasteiger partial charge in [0, 0.05) is 6.04 Å². The summed E-state index contributed by atoms with van der Waals surface area (Å²) in [5.41, 5.74) is 1.14. The molecule has 1 atom stereocenters. The molecule has 0 fully saturated rings. The van der Waals surface area contributed by atoms with E-state index in [9.17, 15) is 9.59 Å². The quantitative estimate of drug-likeness (QED) is 0.913. The van der Waals surface area contributed by atoms with Crippen LogP contribution in [0.3, 0.4) is 0 Å². The molecule has 2 rings (SSSR count). The number of amides is 1. The topological polar surface area (TPSA) is 64.2 Å². The van der Waals surface area contributed by atoms with Crippen LogP contribution < -0.4 is 11.1 Å². The summed E-state index contributed by atoms with van der Waals surface area (Å²) >= 11 is 0. The summed E-state index contributed by atoms with van der Waals surface area (Å²) in [6.07, 6.45) is 0. The molecule has 0 aliphatic carbocycles. The molecule has 1 N–H and O–H groups in total. The number of carbonyl (C=O) groups is 1. The van der Waals surface area contributed by atoms with Crippen LogP contribution >= 0.6 is 0 Å². The monoisotopic (exact) mass is 262 g/mol. The number of benzene rings is 1. The first-order valence-electron chi connectivity index (χ1n) is 6.36. The molecule has 19 heavy (non-hydrogen) atoms. The Hall–Kier alpha value is -2.04. The van der Waals surface area contributed by atoms with Gasteiger partial charge >= 0.3 is 5.76 Å². The summed E-state index contributed by atoms with van der Waals surface area (Å²) in [6, 6.07) is 7.14. The summed E-state index contributed by atoms with van der Waals surface area (Å²) in [4.78, 5) is 23.6. The molecule has 102 valence electrons. The van der Waals surface area contributed by atoms with Crippen LogP contribution in [0.25, 0.3) is 11.1 Å². The number of hydrogen-bond acceptors (Lipinski definition) is 3. The number of rotatable bonds is 4. The van der Waals surface area contributed by atoms with Crippen LogP contribution in [-0.4, -0.2) is 16.5 Å². The van der Waals surface area contributed by atoms with Crippen LogP contribution in [0, 0.1) is 5.92 Å². The number of fused-ring (bicyclic) bond motifs is 1. The second kappa shape index (κ2) is 5.30. The van der Waals surface area contributed by atoms with Crippen LogP contribution in [0.1, 0.15) is 20.8 Å². The van der Waals surface area contributed by atoms with E-state index in [2.05, 4.69) is 5.32 Å². The van der Waals surface area contributed by atoms with E-state index in [1.807, 2.05) is 26.8 Å². The van der Waals surface area contributed by atoms with Crippen molar-refractivity contribution in [2.24, 2.45) is 5.92 Å². The van der Waals surface area contributed by atoms with Crippen molar-refractivity contribution < 1.29 is 9.21 Å². The zero-order chi connectivity index (χ0) is 14.0. The highest BCUT2D eigenvalue weighted by Crippen LogP contribution is 2.11. The smallest absolute Gasteiger partial charge is 0.408 e. The van der Waals surface area contributed by atoms with Crippen LogP contribution in [0.4, 0.5) is 0 Å². The number of carbonyl (C=O) groups excluding carboxylic acids is 1. The normalized spacial score (nSPS) is 12.8. The second-order valence-corrected chi connectivity index (χ2v) is 5.02. The molecule has 0 bridgehead atoms. The molecule has 0 unspecified atom stereocenters. The fraction of sp³-hybridized carbons (Fsp3) is 0.429. The van der Waals surface area contributed by atoms with E-state index in [0.29, 0.717) is 17.0 Å². The van der Waals surface area contributed by atoms with Gasteiger partial charge in [0.25, 0.3) is 0 Å². The largest absolute Gasteiger partial charge is 0.420 e. The molecule has 0 saturated carbocycles. The summed E-state index contributed by atoms with van der Waals surface area (Å²) in [5.74, 6) is -0.342. The highest BCUT2D eigenvalue weighted by Gasteiger charge is 2.15. The van der Waals surface area contributed by atoms with Crippen molar-refractivity contribution in [2.45, 2.75) is 33.4 Å². The molecule has 0 aliphatic rings. The number of aromatic nitrogens is 1. The Bertz CT molecular complexity index is 639. The van der Waals surface area contributed by atoms with Crippen LogP contribution in [0.5, 0.6) is 0 Å². The maximum absolute atomic E-state index is 11.9. The van der Waals surface area contributed by atoms with Crippen molar-refractivity contribution in [2.75, 3.05) is 0 Å². The molecule has 1 heterocycles. The first-order valence-corrected chi connectivity index (χ1v) is 6.36. The minimum atomic E-state index is -0.506. The van der Waals surface area contributed by atoms with Crippen LogP contribution in [0.15, 0.2) is 33.5 Å². The zero-order valence-corrected chi connectivity index (χ0v) is 11.3. The third-order valence-corrected chi connectivity index (χ3v) is 3.26. The summed E-state index contributed by atoms with van der Waals surface area (Å²) in [6.45, 7) is 5.99. The van der Waals surface area contributed by atoms with Crippen molar-refractivity contribution in [1.82, 2.24) is 9.88 Å². The number of oxazole rings is 1. The summed E-state index contributed by atoms with van der Waals surface area (Å²) in [5, 5.41) is 2.87. The van der Waals surface area contributed by atoms with Crippen molar-refractivity contribution in [3.8, 4) is 0 Å². The highest BCUT2D eigenvalue weighted by molar-refractivity contribution is 5.79. The van der Waals surface area contributed by atoms with E-state index in [1.165, 1.54) is 4.57 Å².